The minimum Gasteiger partial charge on any atom is -0.496 e. The van der Waals surface area contributed by atoms with Gasteiger partial charge in [0, 0.05) is 47.7 Å². The summed E-state index contributed by atoms with van der Waals surface area (Å²) in [7, 11) is 5.48. The van der Waals surface area contributed by atoms with Crippen molar-refractivity contribution in [3.05, 3.63) is 46.0 Å². The molecule has 0 aliphatic carbocycles. The van der Waals surface area contributed by atoms with Gasteiger partial charge >= 0.3 is 0 Å². The monoisotopic (exact) mass is 329 g/mol. The van der Waals surface area contributed by atoms with E-state index in [4.69, 9.17) is 9.47 Å². The standard InChI is InChI=1S/C19H27N3O2/c1-12-8-20-16(14(3)18(12)23-6)10-22(5)11-17-15(4)19(24-7)13(2)9-21-17/h8-9H,10-11H2,1-7H3. The number of hydrogen-bond donors (Lipinski definition) is 0. The Labute approximate surface area is 144 Å². The molecule has 0 aliphatic heterocycles. The number of nitrogens with zero attached hydrogens (tertiary/aromatic N) is 3. The Hall–Kier alpha value is -2.14. The predicted octanol–water partition coefficient (Wildman–Crippen LogP) is 3.36. The smallest absolute Gasteiger partial charge is 0.128 e. The molecule has 0 atom stereocenters. The molecule has 0 fully saturated rings. The van der Waals surface area contributed by atoms with E-state index in [2.05, 4.69) is 35.8 Å². The first-order chi connectivity index (χ1) is 11.4. The molecule has 0 N–H and O–H groups in total. The molecule has 0 amide bonds. The number of aryl methyl sites for hydroxylation is 2. The summed E-state index contributed by atoms with van der Waals surface area (Å²) in [6, 6.07) is 0. The van der Waals surface area contributed by atoms with Gasteiger partial charge in [-0.05, 0) is 34.7 Å². The third kappa shape index (κ3) is 3.67. The number of rotatable bonds is 6. The molecule has 130 valence electrons. The fraction of sp³-hybridized carbons (Fsp3) is 0.474. The Morgan fingerprint density at radius 2 is 1.17 bits per heavy atom. The molecule has 0 aromatic carbocycles. The van der Waals surface area contributed by atoms with E-state index >= 15 is 0 Å². The van der Waals surface area contributed by atoms with Gasteiger partial charge in [0.1, 0.15) is 11.5 Å². The molecular weight excluding hydrogens is 302 g/mol. The average Bonchev–Trinajstić information content (AvgIpc) is 2.54. The summed E-state index contributed by atoms with van der Waals surface area (Å²) in [5.41, 5.74) is 6.35. The van der Waals surface area contributed by atoms with Crippen molar-refractivity contribution in [1.82, 2.24) is 14.9 Å². The minimum absolute atomic E-state index is 0.736. The van der Waals surface area contributed by atoms with Crippen molar-refractivity contribution < 1.29 is 9.47 Å². The first-order valence-corrected chi connectivity index (χ1v) is 8.05. The van der Waals surface area contributed by atoms with Gasteiger partial charge < -0.3 is 9.47 Å². The lowest BCUT2D eigenvalue weighted by Gasteiger charge is -2.20. The van der Waals surface area contributed by atoms with Crippen LogP contribution in [0.2, 0.25) is 0 Å². The van der Waals surface area contributed by atoms with Gasteiger partial charge in [-0.15, -0.1) is 0 Å². The number of ether oxygens (including phenoxy) is 2. The maximum absolute atomic E-state index is 5.49. The van der Waals surface area contributed by atoms with Crippen LogP contribution in [0.3, 0.4) is 0 Å². The van der Waals surface area contributed by atoms with Crippen LogP contribution in [0.5, 0.6) is 11.5 Å². The average molecular weight is 329 g/mol. The Morgan fingerprint density at radius 3 is 1.50 bits per heavy atom. The first-order valence-electron chi connectivity index (χ1n) is 8.05. The summed E-state index contributed by atoms with van der Waals surface area (Å²) < 4.78 is 11.0. The molecule has 5 nitrogen and oxygen atoms in total. The SMILES string of the molecule is COc1c(C)cnc(CN(C)Cc2ncc(C)c(OC)c2C)c1C. The van der Waals surface area contributed by atoms with Gasteiger partial charge in [-0.1, -0.05) is 0 Å². The molecule has 0 bridgehead atoms. The van der Waals surface area contributed by atoms with Crippen LogP contribution in [0.15, 0.2) is 12.4 Å². The largest absolute Gasteiger partial charge is 0.496 e. The maximum Gasteiger partial charge on any atom is 0.128 e. The highest BCUT2D eigenvalue weighted by Gasteiger charge is 2.14. The molecule has 0 saturated heterocycles. The zero-order chi connectivity index (χ0) is 17.9. The number of aromatic nitrogens is 2. The number of methoxy groups -OCH3 is 2. The first kappa shape index (κ1) is 18.2. The van der Waals surface area contributed by atoms with Gasteiger partial charge in [0.15, 0.2) is 0 Å². The topological polar surface area (TPSA) is 47.5 Å². The second-order valence-corrected chi connectivity index (χ2v) is 6.26. The van der Waals surface area contributed by atoms with Crippen LogP contribution >= 0.6 is 0 Å². The molecule has 2 aromatic heterocycles. The summed E-state index contributed by atoms with van der Waals surface area (Å²) >= 11 is 0. The van der Waals surface area contributed by atoms with Gasteiger partial charge in [0.2, 0.25) is 0 Å². The Kier molecular flexibility index (Phi) is 5.78. The van der Waals surface area contributed by atoms with Crippen molar-refractivity contribution in [2.75, 3.05) is 21.3 Å². The molecule has 0 spiro atoms. The molecular formula is C19H27N3O2. The molecule has 2 rings (SSSR count). The normalized spacial score (nSPS) is 11.0. The Balaban J connectivity index is 2.19. The van der Waals surface area contributed by atoms with E-state index in [1.165, 1.54) is 0 Å². The van der Waals surface area contributed by atoms with E-state index < -0.39 is 0 Å². The number of pyridine rings is 2. The second-order valence-electron chi connectivity index (χ2n) is 6.26. The van der Waals surface area contributed by atoms with Crippen molar-refractivity contribution in [3.63, 3.8) is 0 Å². The third-order valence-corrected chi connectivity index (χ3v) is 4.34. The van der Waals surface area contributed by atoms with Crippen LogP contribution in [-0.2, 0) is 13.1 Å². The lowest BCUT2D eigenvalue weighted by Crippen LogP contribution is -2.20. The third-order valence-electron chi connectivity index (χ3n) is 4.34. The van der Waals surface area contributed by atoms with Crippen molar-refractivity contribution >= 4 is 0 Å². The van der Waals surface area contributed by atoms with E-state index in [0.29, 0.717) is 0 Å². The van der Waals surface area contributed by atoms with Crippen LogP contribution in [0.1, 0.15) is 33.6 Å². The second kappa shape index (κ2) is 7.62. The molecule has 0 unspecified atom stereocenters. The molecule has 0 aliphatic rings. The summed E-state index contributed by atoms with van der Waals surface area (Å²) in [5, 5.41) is 0. The van der Waals surface area contributed by atoms with E-state index in [-0.39, 0.29) is 0 Å². The van der Waals surface area contributed by atoms with Crippen LogP contribution in [0, 0.1) is 27.7 Å². The molecule has 0 radical (unpaired) electrons. The van der Waals surface area contributed by atoms with Crippen LogP contribution < -0.4 is 9.47 Å². The summed E-state index contributed by atoms with van der Waals surface area (Å²) in [6.45, 7) is 9.61. The van der Waals surface area contributed by atoms with E-state index in [1.54, 1.807) is 14.2 Å². The minimum atomic E-state index is 0.736. The highest BCUT2D eigenvalue weighted by molar-refractivity contribution is 5.42. The fourth-order valence-corrected chi connectivity index (χ4v) is 3.03. The lowest BCUT2D eigenvalue weighted by molar-refractivity contribution is 0.307. The lowest BCUT2D eigenvalue weighted by atomic mass is 10.1. The molecule has 2 heterocycles. The molecule has 24 heavy (non-hydrogen) atoms. The highest BCUT2D eigenvalue weighted by Crippen LogP contribution is 2.26. The molecule has 0 saturated carbocycles. The molecule has 2 aromatic rings. The quantitative estimate of drug-likeness (QED) is 0.813. The zero-order valence-corrected chi connectivity index (χ0v) is 15.7. The fourth-order valence-electron chi connectivity index (χ4n) is 3.03. The van der Waals surface area contributed by atoms with Gasteiger partial charge in [0.25, 0.3) is 0 Å². The summed E-state index contributed by atoms with van der Waals surface area (Å²) in [6.07, 6.45) is 3.74. The predicted molar refractivity (Wildman–Crippen MR) is 95.7 cm³/mol. The highest BCUT2D eigenvalue weighted by atomic mass is 16.5. The Bertz CT molecular complexity index is 668. The van der Waals surface area contributed by atoms with E-state index in [1.807, 2.05) is 26.2 Å². The van der Waals surface area contributed by atoms with Crippen LogP contribution in [0.25, 0.3) is 0 Å². The van der Waals surface area contributed by atoms with Gasteiger partial charge in [-0.2, -0.15) is 0 Å². The summed E-state index contributed by atoms with van der Waals surface area (Å²) in [4.78, 5) is 11.3. The number of hydrogen-bond acceptors (Lipinski definition) is 5. The van der Waals surface area contributed by atoms with Crippen molar-refractivity contribution in [3.8, 4) is 11.5 Å². The van der Waals surface area contributed by atoms with Crippen molar-refractivity contribution in [1.29, 1.82) is 0 Å². The van der Waals surface area contributed by atoms with E-state index in [9.17, 15) is 0 Å². The Morgan fingerprint density at radius 1 is 0.792 bits per heavy atom. The van der Waals surface area contributed by atoms with Crippen LogP contribution in [-0.4, -0.2) is 36.1 Å². The van der Waals surface area contributed by atoms with Crippen molar-refractivity contribution in [2.24, 2.45) is 0 Å². The van der Waals surface area contributed by atoms with Crippen molar-refractivity contribution in [2.45, 2.75) is 40.8 Å². The van der Waals surface area contributed by atoms with Gasteiger partial charge in [0.05, 0.1) is 25.6 Å². The summed E-state index contributed by atoms with van der Waals surface area (Å²) in [5.74, 6) is 1.83. The zero-order valence-electron chi connectivity index (χ0n) is 15.7. The molecule has 5 heteroatoms. The van der Waals surface area contributed by atoms with Crippen LogP contribution in [0.4, 0.5) is 0 Å². The van der Waals surface area contributed by atoms with E-state index in [0.717, 1.165) is 58.2 Å². The van der Waals surface area contributed by atoms with Gasteiger partial charge in [-0.25, -0.2) is 0 Å². The van der Waals surface area contributed by atoms with Gasteiger partial charge in [-0.3, -0.25) is 14.9 Å². The maximum atomic E-state index is 5.49.